The minimum absolute atomic E-state index is 0.108. The van der Waals surface area contributed by atoms with Crippen molar-refractivity contribution in [1.29, 1.82) is 0 Å². The van der Waals surface area contributed by atoms with Crippen molar-refractivity contribution in [2.45, 2.75) is 84.1 Å². The average molecular weight is 626 g/mol. The van der Waals surface area contributed by atoms with Crippen molar-refractivity contribution in [1.82, 2.24) is 15.3 Å². The Balaban J connectivity index is 0.00000134. The van der Waals surface area contributed by atoms with E-state index in [1.54, 1.807) is 12.3 Å². The molecule has 1 aliphatic heterocycles. The fraction of sp³-hybridized carbons (Fsp3) is 0.474. The molecule has 2 atom stereocenters. The molecule has 0 amide bonds. The van der Waals surface area contributed by atoms with Crippen molar-refractivity contribution in [3.8, 4) is 11.1 Å². The maximum absolute atomic E-state index is 13.8. The predicted octanol–water partition coefficient (Wildman–Crippen LogP) is 6.13. The number of aryl methyl sites for hydroxylation is 1. The second-order valence-electron chi connectivity index (χ2n) is 13.9. The van der Waals surface area contributed by atoms with Gasteiger partial charge in [0.2, 0.25) is 5.56 Å². The number of allylic oxidation sites excluding steroid dienone is 1. The van der Waals surface area contributed by atoms with Crippen molar-refractivity contribution in [3.05, 3.63) is 92.7 Å². The minimum Gasteiger partial charge on any atom is -0.483 e. The van der Waals surface area contributed by atoms with Gasteiger partial charge in [0.05, 0.1) is 5.69 Å². The number of fused-ring (bicyclic) bond motifs is 2. The summed E-state index contributed by atoms with van der Waals surface area (Å²) in [4.78, 5) is 41.5. The van der Waals surface area contributed by atoms with Gasteiger partial charge in [-0.1, -0.05) is 45.0 Å². The topological polar surface area (TPSA) is 121 Å². The highest BCUT2D eigenvalue weighted by Gasteiger charge is 2.31. The van der Waals surface area contributed by atoms with Crippen LogP contribution in [0.1, 0.15) is 86.9 Å². The van der Waals surface area contributed by atoms with Crippen LogP contribution < -0.4 is 10.9 Å². The molecule has 3 N–H and O–H groups in total. The van der Waals surface area contributed by atoms with E-state index >= 15 is 0 Å². The number of pyridine rings is 2. The third kappa shape index (κ3) is 8.47. The van der Waals surface area contributed by atoms with Gasteiger partial charge in [-0.15, -0.1) is 0 Å². The Morgan fingerprint density at radius 3 is 2.48 bits per heavy atom. The molecular formula is C38H47N3O5. The van der Waals surface area contributed by atoms with Crippen LogP contribution in [0.5, 0.6) is 0 Å². The smallest absolute Gasteiger partial charge is 0.290 e. The van der Waals surface area contributed by atoms with Crippen molar-refractivity contribution >= 4 is 18.3 Å². The molecule has 6 rings (SSSR count). The fourth-order valence-electron chi connectivity index (χ4n) is 6.97. The summed E-state index contributed by atoms with van der Waals surface area (Å²) in [5.74, 6) is 1.00. The number of Topliss-reactive ketones (excluding diaryl/α,β-unsaturated/α-hetero) is 1. The van der Waals surface area contributed by atoms with Gasteiger partial charge in [-0.2, -0.15) is 0 Å². The Morgan fingerprint density at radius 2 is 1.80 bits per heavy atom. The maximum atomic E-state index is 13.8. The van der Waals surface area contributed by atoms with E-state index in [1.165, 1.54) is 23.2 Å². The zero-order valence-electron chi connectivity index (χ0n) is 27.3. The second kappa shape index (κ2) is 15.1. The quantitative estimate of drug-likeness (QED) is 0.245. The number of nitrogens with zero attached hydrogens (tertiary/aromatic N) is 1. The van der Waals surface area contributed by atoms with E-state index in [4.69, 9.17) is 19.6 Å². The maximum Gasteiger partial charge on any atom is 0.290 e. The summed E-state index contributed by atoms with van der Waals surface area (Å²) in [5.41, 5.74) is 9.08. The lowest BCUT2D eigenvalue weighted by molar-refractivity contribution is -0.123. The first-order valence-corrected chi connectivity index (χ1v) is 16.6. The normalized spacial score (nSPS) is 18.4. The van der Waals surface area contributed by atoms with E-state index in [9.17, 15) is 9.59 Å². The molecule has 8 nitrogen and oxygen atoms in total. The molecule has 1 fully saturated rings. The van der Waals surface area contributed by atoms with Gasteiger partial charge in [0.15, 0.2) is 5.78 Å². The highest BCUT2D eigenvalue weighted by Crippen LogP contribution is 2.39. The van der Waals surface area contributed by atoms with E-state index < -0.39 is 0 Å². The van der Waals surface area contributed by atoms with Crippen molar-refractivity contribution in [2.24, 2.45) is 11.3 Å². The number of hydrogen-bond acceptors (Lipinski definition) is 6. The van der Waals surface area contributed by atoms with Gasteiger partial charge in [-0.25, -0.2) is 0 Å². The Kier molecular flexibility index (Phi) is 11.0. The van der Waals surface area contributed by atoms with Gasteiger partial charge in [-0.3, -0.25) is 19.4 Å². The molecule has 46 heavy (non-hydrogen) atoms. The third-order valence-electron chi connectivity index (χ3n) is 9.85. The Hall–Kier alpha value is -3.88. The molecule has 3 aromatic rings. The van der Waals surface area contributed by atoms with E-state index in [2.05, 4.69) is 67.5 Å². The lowest BCUT2D eigenvalue weighted by atomic mass is 9.71. The van der Waals surface area contributed by atoms with E-state index in [0.29, 0.717) is 30.2 Å². The van der Waals surface area contributed by atoms with Gasteiger partial charge in [0, 0.05) is 55.6 Å². The van der Waals surface area contributed by atoms with Gasteiger partial charge < -0.3 is 20.1 Å². The lowest BCUT2D eigenvalue weighted by Gasteiger charge is -2.34. The molecule has 8 heteroatoms. The van der Waals surface area contributed by atoms with Crippen LogP contribution in [0.4, 0.5) is 0 Å². The van der Waals surface area contributed by atoms with Crippen LogP contribution in [0.2, 0.25) is 0 Å². The van der Waals surface area contributed by atoms with Crippen LogP contribution in [-0.4, -0.2) is 53.1 Å². The first-order chi connectivity index (χ1) is 22.1. The highest BCUT2D eigenvalue weighted by molar-refractivity contribution is 6.02. The molecular weight excluding hydrogens is 578 g/mol. The molecule has 1 aromatic carbocycles. The summed E-state index contributed by atoms with van der Waals surface area (Å²) in [5, 5.41) is 10.6. The lowest BCUT2D eigenvalue weighted by Crippen LogP contribution is -2.35. The number of carboxylic acid groups (broad SMARTS) is 1. The van der Waals surface area contributed by atoms with Crippen molar-refractivity contribution < 1.29 is 19.4 Å². The first kappa shape index (κ1) is 33.5. The van der Waals surface area contributed by atoms with Gasteiger partial charge in [0.25, 0.3) is 6.47 Å². The predicted molar refractivity (Wildman–Crippen MR) is 181 cm³/mol. The summed E-state index contributed by atoms with van der Waals surface area (Å²) in [6, 6.07) is 14.7. The largest absolute Gasteiger partial charge is 0.483 e. The first-order valence-electron chi connectivity index (χ1n) is 16.6. The van der Waals surface area contributed by atoms with Gasteiger partial charge in [0.1, 0.15) is 0 Å². The Bertz CT molecular complexity index is 1580. The zero-order chi connectivity index (χ0) is 32.7. The molecule has 1 saturated heterocycles. The number of aromatic amines is 1. The fourth-order valence-corrected chi connectivity index (χ4v) is 6.97. The Morgan fingerprint density at radius 1 is 1.09 bits per heavy atom. The number of H-pyrrole nitrogens is 1. The van der Waals surface area contributed by atoms with E-state index in [0.717, 1.165) is 79.8 Å². The molecule has 0 bridgehead atoms. The molecule has 0 saturated carbocycles. The van der Waals surface area contributed by atoms with Crippen LogP contribution in [0.25, 0.3) is 17.2 Å². The van der Waals surface area contributed by atoms with Crippen LogP contribution in [0.3, 0.4) is 0 Å². The number of ether oxygens (including phenoxy) is 1. The molecule has 2 aromatic heterocycles. The molecule has 0 radical (unpaired) electrons. The number of nitrogens with one attached hydrogen (secondary N) is 2. The number of ketones is 1. The number of carbonyl (C=O) groups is 2. The van der Waals surface area contributed by atoms with E-state index in [-0.39, 0.29) is 23.7 Å². The third-order valence-corrected chi connectivity index (χ3v) is 9.85. The van der Waals surface area contributed by atoms with Crippen molar-refractivity contribution in [3.63, 3.8) is 0 Å². The summed E-state index contributed by atoms with van der Waals surface area (Å²) in [6.07, 6.45) is 11.2. The van der Waals surface area contributed by atoms with Crippen LogP contribution in [0.15, 0.2) is 59.0 Å². The monoisotopic (exact) mass is 625 g/mol. The average Bonchev–Trinajstić information content (AvgIpc) is 3.47. The van der Waals surface area contributed by atoms with Crippen LogP contribution in [0, 0.1) is 11.3 Å². The Labute approximate surface area is 271 Å². The van der Waals surface area contributed by atoms with Gasteiger partial charge in [-0.05, 0) is 108 Å². The SMILES string of the molecule is CC(C)(C)[C@H]1CCc2nc3c(cc2C1)C=C(C(=O)C[C@H](CCNC1CCOCC1)c1ccc(-c2ccc(=O)[nH]c2)cc1)C3.O=CO. The number of benzene rings is 1. The molecule has 2 aliphatic carbocycles. The highest BCUT2D eigenvalue weighted by atomic mass is 16.5. The van der Waals surface area contributed by atoms with Crippen LogP contribution >= 0.6 is 0 Å². The van der Waals surface area contributed by atoms with Crippen LogP contribution in [-0.2, 0) is 33.6 Å². The number of hydrogen-bond donors (Lipinski definition) is 3. The molecule has 0 spiro atoms. The second-order valence-corrected chi connectivity index (χ2v) is 13.9. The number of carbonyl (C=O) groups excluding carboxylic acids is 1. The summed E-state index contributed by atoms with van der Waals surface area (Å²) >= 11 is 0. The molecule has 3 heterocycles. The molecule has 3 aliphatic rings. The summed E-state index contributed by atoms with van der Waals surface area (Å²) in [6.45, 7) is 9.27. The van der Waals surface area contributed by atoms with E-state index in [1.807, 2.05) is 6.07 Å². The number of aromatic nitrogens is 2. The molecule has 0 unspecified atom stereocenters. The summed E-state index contributed by atoms with van der Waals surface area (Å²) in [7, 11) is 0. The standard InChI is InChI=1S/C37H45N3O3.CH2O2/c1-37(2,3)31-9-10-33-29(20-31)18-28-19-30(21-34(28)40-33)35(41)22-26(12-15-38-32-13-16-43-17-14-32)24-4-6-25(7-5-24)27-8-11-36(42)39-23-27;2-1-3/h4-8,11,18-19,23,26,31-32,38H,9-10,12-17,20-22H2,1-3H3,(H,39,42);1H,(H,2,3)/t26-,31-;/m0./s1. The summed E-state index contributed by atoms with van der Waals surface area (Å²) < 4.78 is 5.52. The minimum atomic E-state index is -0.250. The van der Waals surface area contributed by atoms with Crippen molar-refractivity contribution in [2.75, 3.05) is 19.8 Å². The molecule has 244 valence electrons. The number of rotatable bonds is 9. The zero-order valence-corrected chi connectivity index (χ0v) is 27.3. The van der Waals surface area contributed by atoms with Gasteiger partial charge >= 0.3 is 0 Å².